The molecular weight excluding hydrogens is 396 g/mol. The molecule has 0 bridgehead atoms. The number of aliphatic imine (C=N–C) groups is 1. The van der Waals surface area contributed by atoms with E-state index in [2.05, 4.69) is 16.6 Å². The van der Waals surface area contributed by atoms with Gasteiger partial charge >= 0.3 is 0 Å². The number of amidine groups is 1. The minimum absolute atomic E-state index is 0.221. The predicted octanol–water partition coefficient (Wildman–Crippen LogP) is 3.20. The van der Waals surface area contributed by atoms with Gasteiger partial charge in [-0.1, -0.05) is 24.3 Å². The average Bonchev–Trinajstić information content (AvgIpc) is 3.34. The van der Waals surface area contributed by atoms with Gasteiger partial charge in [0.25, 0.3) is 11.8 Å². The Balaban J connectivity index is 1.87. The van der Waals surface area contributed by atoms with Gasteiger partial charge in [0, 0.05) is 30.6 Å². The summed E-state index contributed by atoms with van der Waals surface area (Å²) in [5.41, 5.74) is 1.27. The van der Waals surface area contributed by atoms with Crippen LogP contribution in [0.5, 0.6) is 0 Å². The van der Waals surface area contributed by atoms with E-state index in [1.165, 1.54) is 23.2 Å². The van der Waals surface area contributed by atoms with Crippen LogP contribution >= 0.6 is 23.1 Å². The van der Waals surface area contributed by atoms with E-state index in [1.807, 2.05) is 0 Å². The first-order chi connectivity index (χ1) is 13.5. The fourth-order valence-corrected chi connectivity index (χ4v) is 4.67. The Bertz CT molecular complexity index is 1070. The average molecular weight is 410 g/mol. The van der Waals surface area contributed by atoms with Gasteiger partial charge in [0.1, 0.15) is 0 Å². The molecule has 1 saturated heterocycles. The Morgan fingerprint density at radius 1 is 1.29 bits per heavy atom. The number of imide groups is 1. The first-order valence-electron chi connectivity index (χ1n) is 8.30. The van der Waals surface area contributed by atoms with E-state index in [9.17, 15) is 14.4 Å². The van der Waals surface area contributed by atoms with Crippen LogP contribution < -0.4 is 4.90 Å². The number of carbonyl (C=O) groups is 3. The quantitative estimate of drug-likeness (QED) is 0.573. The zero-order valence-corrected chi connectivity index (χ0v) is 16.4. The van der Waals surface area contributed by atoms with Crippen LogP contribution in [-0.4, -0.2) is 39.3 Å². The second-order valence-electron chi connectivity index (χ2n) is 5.90. The van der Waals surface area contributed by atoms with Crippen molar-refractivity contribution in [3.8, 4) is 0 Å². The molecule has 0 aliphatic carbocycles. The van der Waals surface area contributed by atoms with E-state index in [0.29, 0.717) is 21.6 Å². The summed E-state index contributed by atoms with van der Waals surface area (Å²) >= 11 is 2.46. The highest BCUT2D eigenvalue weighted by Crippen LogP contribution is 2.44. The van der Waals surface area contributed by atoms with Gasteiger partial charge in [0.15, 0.2) is 5.17 Å². The number of para-hydroxylation sites is 1. The smallest absolute Gasteiger partial charge is 0.267 e. The highest BCUT2D eigenvalue weighted by Gasteiger charge is 2.43. The van der Waals surface area contributed by atoms with Crippen LogP contribution in [0.1, 0.15) is 12.5 Å². The molecule has 7 nitrogen and oxygen atoms in total. The van der Waals surface area contributed by atoms with Crippen LogP contribution in [0.3, 0.4) is 0 Å². The predicted molar refractivity (Wildman–Crippen MR) is 110 cm³/mol. The van der Waals surface area contributed by atoms with E-state index in [1.54, 1.807) is 41.9 Å². The third kappa shape index (κ3) is 2.88. The number of aromatic nitrogens is 1. The minimum atomic E-state index is -0.501. The lowest BCUT2D eigenvalue weighted by molar-refractivity contribution is -0.124. The number of amides is 3. The third-order valence-corrected chi connectivity index (χ3v) is 5.90. The Hall–Kier alpha value is -3.04. The summed E-state index contributed by atoms with van der Waals surface area (Å²) in [6, 6.07) is 6.95. The first kappa shape index (κ1) is 18.3. The zero-order valence-electron chi connectivity index (χ0n) is 14.8. The van der Waals surface area contributed by atoms with Crippen molar-refractivity contribution in [1.82, 2.24) is 9.88 Å². The fourth-order valence-electron chi connectivity index (χ4n) is 3.03. The molecular formula is C19H14N4O3S2. The van der Waals surface area contributed by atoms with Crippen LogP contribution in [0.4, 0.5) is 10.8 Å². The number of nitrogens with zero attached hydrogens (tertiary/aromatic N) is 4. The molecule has 3 amide bonds. The Morgan fingerprint density at radius 3 is 2.75 bits per heavy atom. The third-order valence-electron chi connectivity index (χ3n) is 4.16. The molecule has 140 valence electrons. The van der Waals surface area contributed by atoms with Crippen molar-refractivity contribution in [2.45, 2.75) is 6.92 Å². The summed E-state index contributed by atoms with van der Waals surface area (Å²) in [7, 11) is 0. The van der Waals surface area contributed by atoms with Crippen molar-refractivity contribution >= 4 is 62.4 Å². The van der Waals surface area contributed by atoms with E-state index >= 15 is 0 Å². The van der Waals surface area contributed by atoms with Crippen LogP contribution in [0.2, 0.25) is 0 Å². The fraction of sp³-hybridized carbons (Fsp3) is 0.105. The minimum Gasteiger partial charge on any atom is -0.282 e. The van der Waals surface area contributed by atoms with E-state index < -0.39 is 11.8 Å². The summed E-state index contributed by atoms with van der Waals surface area (Å²) in [5.74, 6) is -1.24. The van der Waals surface area contributed by atoms with Crippen molar-refractivity contribution in [2.75, 3.05) is 11.4 Å². The summed E-state index contributed by atoms with van der Waals surface area (Å²) in [6.07, 6.45) is 3.22. The molecule has 3 heterocycles. The van der Waals surface area contributed by atoms with E-state index in [0.717, 1.165) is 16.7 Å². The van der Waals surface area contributed by atoms with Crippen molar-refractivity contribution in [2.24, 2.45) is 4.99 Å². The van der Waals surface area contributed by atoms with Crippen LogP contribution in [0.25, 0.3) is 5.57 Å². The highest BCUT2D eigenvalue weighted by atomic mass is 32.2. The molecule has 4 rings (SSSR count). The molecule has 1 fully saturated rings. The van der Waals surface area contributed by atoms with E-state index in [4.69, 9.17) is 0 Å². The number of fused-ring (bicyclic) bond motifs is 1. The molecule has 0 spiro atoms. The number of carbonyl (C=O) groups excluding carboxylic acids is 3. The Morgan fingerprint density at radius 2 is 2.07 bits per heavy atom. The van der Waals surface area contributed by atoms with Gasteiger partial charge in [0.05, 0.1) is 16.2 Å². The van der Waals surface area contributed by atoms with Gasteiger partial charge in [-0.15, -0.1) is 17.9 Å². The van der Waals surface area contributed by atoms with Crippen LogP contribution in [-0.2, 0) is 14.4 Å². The van der Waals surface area contributed by atoms with Gasteiger partial charge in [0.2, 0.25) is 11.0 Å². The van der Waals surface area contributed by atoms with Crippen LogP contribution in [0.15, 0.2) is 58.4 Å². The lowest BCUT2D eigenvalue weighted by Gasteiger charge is -2.12. The van der Waals surface area contributed by atoms with Crippen molar-refractivity contribution in [3.05, 3.63) is 59.0 Å². The van der Waals surface area contributed by atoms with Gasteiger partial charge in [-0.25, -0.2) is 9.88 Å². The molecule has 0 saturated carbocycles. The Labute approximate surface area is 169 Å². The summed E-state index contributed by atoms with van der Waals surface area (Å²) < 4.78 is 0. The number of hydrogen-bond donors (Lipinski definition) is 0. The summed E-state index contributed by atoms with van der Waals surface area (Å²) in [6.45, 7) is 5.27. The molecule has 1 aromatic heterocycles. The molecule has 9 heteroatoms. The molecule has 2 aliphatic heterocycles. The lowest BCUT2D eigenvalue weighted by Crippen LogP contribution is -2.32. The molecule has 28 heavy (non-hydrogen) atoms. The second-order valence-corrected chi connectivity index (χ2v) is 7.75. The van der Waals surface area contributed by atoms with Crippen LogP contribution in [0, 0.1) is 0 Å². The Kier molecular flexibility index (Phi) is 4.70. The largest absolute Gasteiger partial charge is 0.282 e. The van der Waals surface area contributed by atoms with Gasteiger partial charge in [-0.3, -0.25) is 19.3 Å². The number of anilines is 1. The lowest BCUT2D eigenvalue weighted by atomic mass is 10.1. The zero-order chi connectivity index (χ0) is 19.8. The molecule has 0 unspecified atom stereocenters. The molecule has 1 aromatic carbocycles. The monoisotopic (exact) mass is 410 g/mol. The SMILES string of the molecule is C=CCN1C(=O)/C(=C2/C(=O)N(C(C)=O)c3ccccc32)S/C1=N/c1nccs1. The normalized spacial score (nSPS) is 20.2. The number of hydrogen-bond acceptors (Lipinski definition) is 7. The standard InChI is InChI=1S/C19H14N4O3S2/c1-3-9-22-17(26)15(28-19(22)21-18-20-8-10-27-18)14-12-6-4-5-7-13(12)23(11(2)24)16(14)25/h3-8,10H,1,9H2,2H3/b15-14-,21-19+. The molecule has 2 aliphatic rings. The van der Waals surface area contributed by atoms with E-state index in [-0.39, 0.29) is 22.9 Å². The summed E-state index contributed by atoms with van der Waals surface area (Å²) in [5, 5.41) is 2.73. The first-order valence-corrected chi connectivity index (χ1v) is 10.00. The second kappa shape index (κ2) is 7.17. The molecule has 0 N–H and O–H groups in total. The number of thiazole rings is 1. The van der Waals surface area contributed by atoms with Crippen molar-refractivity contribution in [1.29, 1.82) is 0 Å². The molecule has 0 radical (unpaired) electrons. The maximum absolute atomic E-state index is 13.1. The highest BCUT2D eigenvalue weighted by molar-refractivity contribution is 8.18. The summed E-state index contributed by atoms with van der Waals surface area (Å²) in [4.78, 5) is 49.5. The molecule has 2 aromatic rings. The number of benzene rings is 1. The number of rotatable bonds is 3. The van der Waals surface area contributed by atoms with Gasteiger partial charge in [-0.2, -0.15) is 4.99 Å². The topological polar surface area (TPSA) is 82.9 Å². The van der Waals surface area contributed by atoms with Crippen molar-refractivity contribution < 1.29 is 14.4 Å². The van der Waals surface area contributed by atoms with Crippen molar-refractivity contribution in [3.63, 3.8) is 0 Å². The maximum Gasteiger partial charge on any atom is 0.267 e. The van der Waals surface area contributed by atoms with Gasteiger partial charge in [-0.05, 0) is 17.8 Å². The maximum atomic E-state index is 13.1. The number of thioether (sulfide) groups is 1. The van der Waals surface area contributed by atoms with Gasteiger partial charge < -0.3 is 0 Å². The molecule has 0 atom stereocenters.